The minimum absolute atomic E-state index is 0.200. The fourth-order valence-corrected chi connectivity index (χ4v) is 4.62. The van der Waals surface area contributed by atoms with E-state index in [1.807, 2.05) is 43.3 Å². The van der Waals surface area contributed by atoms with Gasteiger partial charge in [0.25, 0.3) is 0 Å². The zero-order valence-electron chi connectivity index (χ0n) is 16.1. The van der Waals surface area contributed by atoms with Gasteiger partial charge in [0.1, 0.15) is 6.04 Å². The number of carbonyl (C=O) groups is 1. The van der Waals surface area contributed by atoms with E-state index in [-0.39, 0.29) is 5.91 Å². The van der Waals surface area contributed by atoms with Crippen LogP contribution in [-0.2, 0) is 21.2 Å². The third-order valence-corrected chi connectivity index (χ3v) is 6.21. The summed E-state index contributed by atoms with van der Waals surface area (Å²) >= 11 is 5.96. The van der Waals surface area contributed by atoms with Gasteiger partial charge in [0.15, 0.2) is 0 Å². The SMILES string of the molecule is CN(C)[C@@H](C(=O)Nc1ccc2c(c1)N(S(C)(=O)=O)CCC2)c1ccc(Cl)cc1. The van der Waals surface area contributed by atoms with Crippen molar-refractivity contribution in [3.63, 3.8) is 0 Å². The molecule has 0 bridgehead atoms. The van der Waals surface area contributed by atoms with Crippen LogP contribution in [0.3, 0.4) is 0 Å². The topological polar surface area (TPSA) is 69.7 Å². The quantitative estimate of drug-likeness (QED) is 0.804. The number of carbonyl (C=O) groups excluding carboxylic acids is 1. The highest BCUT2D eigenvalue weighted by molar-refractivity contribution is 7.92. The lowest BCUT2D eigenvalue weighted by molar-refractivity contribution is -0.120. The van der Waals surface area contributed by atoms with Crippen LogP contribution in [-0.4, -0.2) is 46.1 Å². The molecule has 8 heteroatoms. The van der Waals surface area contributed by atoms with Crippen molar-refractivity contribution in [3.05, 3.63) is 58.6 Å². The Hall–Kier alpha value is -2.09. The van der Waals surface area contributed by atoms with Crippen LogP contribution in [0.25, 0.3) is 0 Å². The van der Waals surface area contributed by atoms with Crippen molar-refractivity contribution in [1.29, 1.82) is 0 Å². The molecule has 0 saturated carbocycles. The summed E-state index contributed by atoms with van der Waals surface area (Å²) in [5.41, 5.74) is 3.00. The van der Waals surface area contributed by atoms with E-state index in [0.29, 0.717) is 22.9 Å². The number of nitrogens with one attached hydrogen (secondary N) is 1. The number of hydrogen-bond donors (Lipinski definition) is 1. The second-order valence-electron chi connectivity index (χ2n) is 7.19. The monoisotopic (exact) mass is 421 g/mol. The third-order valence-electron chi connectivity index (χ3n) is 4.78. The van der Waals surface area contributed by atoms with Crippen LogP contribution < -0.4 is 9.62 Å². The number of benzene rings is 2. The number of likely N-dealkylation sites (N-methyl/N-ethyl adjacent to an activating group) is 1. The predicted molar refractivity (Wildman–Crippen MR) is 113 cm³/mol. The number of anilines is 2. The van der Waals surface area contributed by atoms with Gasteiger partial charge in [-0.1, -0.05) is 29.8 Å². The number of rotatable bonds is 5. The molecule has 150 valence electrons. The molecule has 1 aliphatic rings. The summed E-state index contributed by atoms with van der Waals surface area (Å²) in [5.74, 6) is -0.200. The molecule has 6 nitrogen and oxygen atoms in total. The van der Waals surface area contributed by atoms with Gasteiger partial charge in [0.05, 0.1) is 11.9 Å². The van der Waals surface area contributed by atoms with Gasteiger partial charge >= 0.3 is 0 Å². The van der Waals surface area contributed by atoms with Gasteiger partial charge in [0, 0.05) is 17.3 Å². The lowest BCUT2D eigenvalue weighted by Gasteiger charge is -2.30. The summed E-state index contributed by atoms with van der Waals surface area (Å²) in [6, 6.07) is 12.1. The largest absolute Gasteiger partial charge is 0.324 e. The average molecular weight is 422 g/mol. The summed E-state index contributed by atoms with van der Waals surface area (Å²) in [5, 5.41) is 3.53. The molecule has 0 fully saturated rings. The minimum atomic E-state index is -3.36. The number of hydrogen-bond acceptors (Lipinski definition) is 4. The first kappa shape index (κ1) is 20.6. The lowest BCUT2D eigenvalue weighted by Crippen LogP contribution is -2.35. The van der Waals surface area contributed by atoms with E-state index in [9.17, 15) is 13.2 Å². The summed E-state index contributed by atoms with van der Waals surface area (Å²) in [4.78, 5) is 14.8. The van der Waals surface area contributed by atoms with Crippen LogP contribution in [0.1, 0.15) is 23.6 Å². The molecule has 28 heavy (non-hydrogen) atoms. The van der Waals surface area contributed by atoms with Crippen molar-refractivity contribution >= 4 is 38.9 Å². The van der Waals surface area contributed by atoms with Crippen molar-refractivity contribution < 1.29 is 13.2 Å². The molecular weight excluding hydrogens is 398 g/mol. The molecule has 0 aromatic heterocycles. The zero-order valence-corrected chi connectivity index (χ0v) is 17.7. The molecule has 3 rings (SSSR count). The van der Waals surface area contributed by atoms with Crippen LogP contribution in [0, 0.1) is 0 Å². The Bertz CT molecular complexity index is 975. The van der Waals surface area contributed by atoms with Crippen LogP contribution in [0.15, 0.2) is 42.5 Å². The van der Waals surface area contributed by atoms with E-state index in [4.69, 9.17) is 11.6 Å². The number of halogens is 1. The molecule has 0 radical (unpaired) electrons. The Kier molecular flexibility index (Phi) is 5.98. The third kappa shape index (κ3) is 4.48. The molecule has 0 spiro atoms. The molecule has 1 atom stereocenters. The molecular formula is C20H24ClN3O3S. The molecule has 1 heterocycles. The fourth-order valence-electron chi connectivity index (χ4n) is 3.50. The number of sulfonamides is 1. The van der Waals surface area contributed by atoms with Gasteiger partial charge in [-0.05, 0) is 62.3 Å². The van der Waals surface area contributed by atoms with Gasteiger partial charge in [-0.2, -0.15) is 0 Å². The van der Waals surface area contributed by atoms with Crippen LogP contribution in [0.2, 0.25) is 5.02 Å². The van der Waals surface area contributed by atoms with Crippen molar-refractivity contribution in [2.75, 3.05) is 36.5 Å². The summed E-state index contributed by atoms with van der Waals surface area (Å²) in [6.45, 7) is 0.453. The lowest BCUT2D eigenvalue weighted by atomic mass is 10.0. The van der Waals surface area contributed by atoms with E-state index in [1.165, 1.54) is 10.6 Å². The number of fused-ring (bicyclic) bond motifs is 1. The highest BCUT2D eigenvalue weighted by atomic mass is 35.5. The normalized spacial score (nSPS) is 15.2. The first-order valence-electron chi connectivity index (χ1n) is 9.00. The Morgan fingerprint density at radius 1 is 1.18 bits per heavy atom. The maximum absolute atomic E-state index is 13.0. The first-order chi connectivity index (χ1) is 13.2. The van der Waals surface area contributed by atoms with Gasteiger partial charge < -0.3 is 5.32 Å². The Morgan fingerprint density at radius 3 is 2.46 bits per heavy atom. The minimum Gasteiger partial charge on any atom is -0.324 e. The molecule has 0 unspecified atom stereocenters. The first-order valence-corrected chi connectivity index (χ1v) is 11.2. The maximum atomic E-state index is 13.0. The Balaban J connectivity index is 1.88. The van der Waals surface area contributed by atoms with Crippen LogP contribution >= 0.6 is 11.6 Å². The number of aryl methyl sites for hydroxylation is 1. The van der Waals surface area contributed by atoms with Crippen LogP contribution in [0.4, 0.5) is 11.4 Å². The van der Waals surface area contributed by atoms with E-state index in [1.54, 1.807) is 18.2 Å². The van der Waals surface area contributed by atoms with Crippen molar-refractivity contribution in [3.8, 4) is 0 Å². The smallest absolute Gasteiger partial charge is 0.246 e. The second-order valence-corrected chi connectivity index (χ2v) is 9.53. The summed E-state index contributed by atoms with van der Waals surface area (Å²) in [7, 11) is 0.299. The Labute approximate surface area is 171 Å². The van der Waals surface area contributed by atoms with Crippen LogP contribution in [0.5, 0.6) is 0 Å². The summed E-state index contributed by atoms with van der Waals surface area (Å²) in [6.07, 6.45) is 2.81. The second kappa shape index (κ2) is 8.11. The molecule has 1 N–H and O–H groups in total. The number of amides is 1. The van der Waals surface area contributed by atoms with Gasteiger partial charge in [-0.3, -0.25) is 14.0 Å². The van der Waals surface area contributed by atoms with Crippen molar-refractivity contribution in [2.45, 2.75) is 18.9 Å². The van der Waals surface area contributed by atoms with Gasteiger partial charge in [-0.25, -0.2) is 8.42 Å². The fraction of sp³-hybridized carbons (Fsp3) is 0.350. The molecule has 0 aliphatic carbocycles. The van der Waals surface area contributed by atoms with E-state index in [2.05, 4.69) is 5.32 Å². The molecule has 2 aromatic rings. The standard InChI is InChI=1S/C20H24ClN3O3S/c1-23(2)19(15-6-9-16(21)10-7-15)20(25)22-17-11-8-14-5-4-12-24(18(14)13-17)28(3,26)27/h6-11,13,19H,4-5,12H2,1-3H3,(H,22,25)/t19-/m1/s1. The van der Waals surface area contributed by atoms with Crippen molar-refractivity contribution in [2.24, 2.45) is 0 Å². The molecule has 1 amide bonds. The number of nitrogens with zero attached hydrogens (tertiary/aromatic N) is 2. The van der Waals surface area contributed by atoms with E-state index in [0.717, 1.165) is 24.0 Å². The Morgan fingerprint density at radius 2 is 1.86 bits per heavy atom. The highest BCUT2D eigenvalue weighted by Crippen LogP contribution is 2.32. The zero-order chi connectivity index (χ0) is 20.5. The van der Waals surface area contributed by atoms with E-state index < -0.39 is 16.1 Å². The van der Waals surface area contributed by atoms with Crippen molar-refractivity contribution in [1.82, 2.24) is 4.90 Å². The van der Waals surface area contributed by atoms with E-state index >= 15 is 0 Å². The average Bonchev–Trinajstić information content (AvgIpc) is 2.62. The van der Waals surface area contributed by atoms with Gasteiger partial charge in [-0.15, -0.1) is 0 Å². The molecule has 0 saturated heterocycles. The predicted octanol–water partition coefficient (Wildman–Crippen LogP) is 3.29. The summed E-state index contributed by atoms with van der Waals surface area (Å²) < 4.78 is 25.6. The maximum Gasteiger partial charge on any atom is 0.246 e. The van der Waals surface area contributed by atoms with Gasteiger partial charge in [0.2, 0.25) is 15.9 Å². The highest BCUT2D eigenvalue weighted by Gasteiger charge is 2.26. The molecule has 2 aromatic carbocycles. The molecule has 1 aliphatic heterocycles.